The summed E-state index contributed by atoms with van der Waals surface area (Å²) in [4.78, 5) is 44.6. The Kier molecular flexibility index (Phi) is 5.39. The third-order valence-corrected chi connectivity index (χ3v) is 4.70. The van der Waals surface area contributed by atoms with Crippen LogP contribution in [0.15, 0.2) is 35.1 Å². The quantitative estimate of drug-likeness (QED) is 0.842. The van der Waals surface area contributed by atoms with Crippen molar-refractivity contribution < 1.29 is 9.59 Å². The molecule has 7 heteroatoms. The van der Waals surface area contributed by atoms with Crippen LogP contribution in [0.2, 0.25) is 0 Å². The van der Waals surface area contributed by atoms with Crippen molar-refractivity contribution in [2.75, 3.05) is 18.5 Å². The van der Waals surface area contributed by atoms with Gasteiger partial charge < -0.3 is 15.2 Å². The van der Waals surface area contributed by atoms with E-state index in [1.165, 1.54) is 0 Å². The number of nitrogens with one attached hydrogen (secondary N) is 2. The molecule has 1 aromatic carbocycles. The van der Waals surface area contributed by atoms with Crippen LogP contribution in [-0.2, 0) is 11.2 Å². The molecule has 1 aromatic heterocycles. The third-order valence-electron chi connectivity index (χ3n) is 4.70. The van der Waals surface area contributed by atoms with Gasteiger partial charge in [-0.2, -0.15) is 4.98 Å². The highest BCUT2D eigenvalue weighted by Crippen LogP contribution is 2.34. The van der Waals surface area contributed by atoms with E-state index in [2.05, 4.69) is 15.3 Å². The summed E-state index contributed by atoms with van der Waals surface area (Å²) in [5.74, 6) is -0.150. The minimum atomic E-state index is -0.530. The number of carbonyl (C=O) groups excluding carboxylic acids is 2. The summed E-state index contributed by atoms with van der Waals surface area (Å²) in [6, 6.07) is 9.30. The van der Waals surface area contributed by atoms with E-state index in [1.807, 2.05) is 38.1 Å². The molecule has 2 amide bonds. The number of fused-ring (bicyclic) bond motifs is 1. The summed E-state index contributed by atoms with van der Waals surface area (Å²) in [5, 5.41) is 2.83. The van der Waals surface area contributed by atoms with Crippen LogP contribution in [0.4, 0.5) is 5.69 Å². The first kappa shape index (κ1) is 18.8. The van der Waals surface area contributed by atoms with Gasteiger partial charge in [0.2, 0.25) is 5.91 Å². The van der Waals surface area contributed by atoms with E-state index in [4.69, 9.17) is 0 Å². The van der Waals surface area contributed by atoms with Gasteiger partial charge >= 0.3 is 5.69 Å². The highest BCUT2D eigenvalue weighted by Gasteiger charge is 2.29. The summed E-state index contributed by atoms with van der Waals surface area (Å²) in [6.45, 7) is 4.38. The summed E-state index contributed by atoms with van der Waals surface area (Å²) < 4.78 is 0. The number of H-pyrrole nitrogens is 1. The lowest BCUT2D eigenvalue weighted by molar-refractivity contribution is -0.119. The van der Waals surface area contributed by atoms with Crippen LogP contribution in [0.3, 0.4) is 0 Å². The first-order chi connectivity index (χ1) is 12.8. The topological polar surface area (TPSA) is 95.2 Å². The molecule has 0 spiro atoms. The molecule has 2 N–H and O–H groups in total. The van der Waals surface area contributed by atoms with E-state index in [1.54, 1.807) is 18.0 Å². The van der Waals surface area contributed by atoms with Gasteiger partial charge in [-0.05, 0) is 30.0 Å². The van der Waals surface area contributed by atoms with Crippen LogP contribution >= 0.6 is 0 Å². The maximum Gasteiger partial charge on any atom is 0.345 e. The van der Waals surface area contributed by atoms with Crippen LogP contribution in [0.1, 0.15) is 47.9 Å². The Bertz CT molecular complexity index is 919. The summed E-state index contributed by atoms with van der Waals surface area (Å²) in [7, 11) is 1.76. The molecule has 0 fully saturated rings. The zero-order valence-corrected chi connectivity index (χ0v) is 15.8. The highest BCUT2D eigenvalue weighted by atomic mass is 16.2. The van der Waals surface area contributed by atoms with E-state index in [0.717, 1.165) is 11.3 Å². The van der Waals surface area contributed by atoms with Gasteiger partial charge in [0.25, 0.3) is 5.91 Å². The molecule has 0 aliphatic carbocycles. The van der Waals surface area contributed by atoms with Gasteiger partial charge in [-0.15, -0.1) is 0 Å². The monoisotopic (exact) mass is 368 g/mol. The summed E-state index contributed by atoms with van der Waals surface area (Å²) >= 11 is 0. The fourth-order valence-electron chi connectivity index (χ4n) is 3.39. The second kappa shape index (κ2) is 7.73. The fraction of sp³-hybridized carbons (Fsp3) is 0.400. The van der Waals surface area contributed by atoms with Crippen molar-refractivity contribution in [3.63, 3.8) is 0 Å². The Morgan fingerprint density at radius 2 is 2.07 bits per heavy atom. The van der Waals surface area contributed by atoms with E-state index in [-0.39, 0.29) is 17.5 Å². The Hall–Kier alpha value is -2.96. The van der Waals surface area contributed by atoms with Crippen LogP contribution in [0.5, 0.6) is 0 Å². The minimum Gasteiger partial charge on any atom is -0.350 e. The van der Waals surface area contributed by atoms with Gasteiger partial charge in [-0.1, -0.05) is 32.0 Å². The largest absolute Gasteiger partial charge is 0.350 e. The van der Waals surface area contributed by atoms with Gasteiger partial charge in [0.05, 0.1) is 0 Å². The smallest absolute Gasteiger partial charge is 0.345 e. The zero-order chi connectivity index (χ0) is 19.6. The number of nitrogens with zero attached hydrogens (tertiary/aromatic N) is 2. The lowest BCUT2D eigenvalue weighted by Gasteiger charge is -2.31. The lowest BCUT2D eigenvalue weighted by Crippen LogP contribution is -2.38. The number of hydrogen-bond donors (Lipinski definition) is 2. The number of para-hydroxylation sites is 1. The first-order valence-corrected chi connectivity index (χ1v) is 9.09. The molecule has 1 atom stereocenters. The van der Waals surface area contributed by atoms with E-state index >= 15 is 0 Å². The molecule has 1 aliphatic heterocycles. The van der Waals surface area contributed by atoms with Gasteiger partial charge in [0.1, 0.15) is 5.69 Å². The highest BCUT2D eigenvalue weighted by molar-refractivity contribution is 5.97. The standard InChI is InChI=1S/C20H24N4O3/c1-12(2)8-14-10-16(23-20(27)22-14)19(26)21-11-13-9-18(25)24(3)17-7-5-4-6-15(13)17/h4-7,10,12-13H,8-9,11H2,1-3H3,(H,21,26)(H,22,23,27)/t13-/m1/s1. The zero-order valence-electron chi connectivity index (χ0n) is 15.8. The Morgan fingerprint density at radius 3 is 2.81 bits per heavy atom. The Labute approximate surface area is 157 Å². The van der Waals surface area contributed by atoms with Crippen molar-refractivity contribution >= 4 is 17.5 Å². The van der Waals surface area contributed by atoms with Gasteiger partial charge in [0.15, 0.2) is 0 Å². The average Bonchev–Trinajstić information content (AvgIpc) is 2.62. The van der Waals surface area contributed by atoms with Crippen molar-refractivity contribution in [1.29, 1.82) is 0 Å². The molecule has 0 saturated heterocycles. The predicted octanol–water partition coefficient (Wildman–Crippen LogP) is 1.85. The summed E-state index contributed by atoms with van der Waals surface area (Å²) in [6.07, 6.45) is 0.990. The van der Waals surface area contributed by atoms with Crippen LogP contribution in [0.25, 0.3) is 0 Å². The molecular weight excluding hydrogens is 344 g/mol. The molecule has 142 valence electrons. The second-order valence-electron chi connectivity index (χ2n) is 7.32. The van der Waals surface area contributed by atoms with Crippen LogP contribution < -0.4 is 15.9 Å². The van der Waals surface area contributed by atoms with E-state index < -0.39 is 11.6 Å². The number of hydrogen-bond acceptors (Lipinski definition) is 4. The van der Waals surface area contributed by atoms with Crippen molar-refractivity contribution in [3.05, 3.63) is 57.8 Å². The van der Waals surface area contributed by atoms with Crippen molar-refractivity contribution in [2.24, 2.45) is 5.92 Å². The number of rotatable bonds is 5. The van der Waals surface area contributed by atoms with Crippen LogP contribution in [0, 0.1) is 5.92 Å². The molecule has 1 aliphatic rings. The molecule has 0 bridgehead atoms. The second-order valence-corrected chi connectivity index (χ2v) is 7.32. The van der Waals surface area contributed by atoms with Gasteiger partial charge in [-0.3, -0.25) is 9.59 Å². The minimum absolute atomic E-state index is 0.0152. The number of aromatic nitrogens is 2. The molecule has 3 rings (SSSR count). The predicted molar refractivity (Wildman–Crippen MR) is 103 cm³/mol. The fourth-order valence-corrected chi connectivity index (χ4v) is 3.39. The van der Waals surface area contributed by atoms with Crippen molar-refractivity contribution in [2.45, 2.75) is 32.6 Å². The number of benzene rings is 1. The molecule has 0 unspecified atom stereocenters. The lowest BCUT2D eigenvalue weighted by atomic mass is 9.89. The molecule has 0 radical (unpaired) electrons. The molecule has 2 heterocycles. The molecule has 0 saturated carbocycles. The number of amides is 2. The molecule has 7 nitrogen and oxygen atoms in total. The Morgan fingerprint density at radius 1 is 1.33 bits per heavy atom. The molecule has 2 aromatic rings. The van der Waals surface area contributed by atoms with E-state index in [0.29, 0.717) is 31.0 Å². The average molecular weight is 368 g/mol. The van der Waals surface area contributed by atoms with Gasteiger partial charge in [-0.25, -0.2) is 4.79 Å². The van der Waals surface area contributed by atoms with Crippen LogP contribution in [-0.4, -0.2) is 35.4 Å². The normalized spacial score (nSPS) is 16.4. The number of aromatic amines is 1. The Balaban J connectivity index is 1.75. The van der Waals surface area contributed by atoms with Crippen molar-refractivity contribution in [3.8, 4) is 0 Å². The summed E-state index contributed by atoms with van der Waals surface area (Å²) in [5.41, 5.74) is 2.15. The SMILES string of the molecule is CC(C)Cc1cc(C(=O)NC[C@H]2CC(=O)N(C)c3ccccc32)nc(=O)[nH]1. The maximum atomic E-state index is 12.5. The number of carbonyl (C=O) groups is 2. The van der Waals surface area contributed by atoms with Crippen molar-refractivity contribution in [1.82, 2.24) is 15.3 Å². The third kappa shape index (κ3) is 4.24. The van der Waals surface area contributed by atoms with E-state index in [9.17, 15) is 14.4 Å². The molecular formula is C20H24N4O3. The number of anilines is 1. The van der Waals surface area contributed by atoms with Gasteiger partial charge in [0, 0.05) is 37.3 Å². The maximum absolute atomic E-state index is 12.5. The first-order valence-electron chi connectivity index (χ1n) is 9.09. The molecule has 27 heavy (non-hydrogen) atoms.